The van der Waals surface area contributed by atoms with Crippen LogP contribution in [0.15, 0.2) is 207 Å². The first-order valence-corrected chi connectivity index (χ1v) is 22.2. The van der Waals surface area contributed by atoms with E-state index in [4.69, 9.17) is 8.83 Å². The van der Waals surface area contributed by atoms with Gasteiger partial charge in [-0.15, -0.1) is 0 Å². The van der Waals surface area contributed by atoms with Crippen LogP contribution in [0.4, 0.5) is 17.1 Å². The zero-order valence-corrected chi connectivity index (χ0v) is 34.9. The van der Waals surface area contributed by atoms with Crippen LogP contribution in [0, 0.1) is 0 Å². The first kappa shape index (κ1) is 34.4. The maximum Gasteiger partial charge on any atom is 0.137 e. The molecule has 0 unspecified atom stereocenters. The van der Waals surface area contributed by atoms with E-state index in [9.17, 15) is 0 Å². The zero-order valence-electron chi connectivity index (χ0n) is 34.1. The van der Waals surface area contributed by atoms with Crippen molar-refractivity contribution in [3.63, 3.8) is 0 Å². The molecule has 0 fully saturated rings. The Kier molecular flexibility index (Phi) is 6.77. The monoisotopic (exact) mass is 811 g/mol. The van der Waals surface area contributed by atoms with Crippen molar-refractivity contribution < 1.29 is 8.83 Å². The summed E-state index contributed by atoms with van der Waals surface area (Å²) < 4.78 is 13.7. The van der Waals surface area contributed by atoms with Gasteiger partial charge in [-0.25, -0.2) is 0 Å². The van der Waals surface area contributed by atoms with Crippen molar-refractivity contribution in [3.05, 3.63) is 221 Å². The molecule has 0 atom stereocenters. The summed E-state index contributed by atoms with van der Waals surface area (Å²) in [5.74, 6) is 0. The Labute approximate surface area is 362 Å². The van der Waals surface area contributed by atoms with Gasteiger partial charge in [-0.2, -0.15) is 0 Å². The van der Waals surface area contributed by atoms with E-state index in [2.05, 4.69) is 201 Å². The first-order chi connectivity index (χ1) is 30.5. The highest BCUT2D eigenvalue weighted by Crippen LogP contribution is 2.63. The lowest BCUT2D eigenvalue weighted by Crippen LogP contribution is -2.31. The SMILES string of the molecule is CC1(C)c2ccccc2-c2c(N(c3ccc4c(c3)oc3ccccc34)c3cccc4oc5cc6c(cc5c34)-c3ccccc3C63c4ccccc4Sc4ccccc43)cccc21. The first-order valence-electron chi connectivity index (χ1n) is 21.4. The van der Waals surface area contributed by atoms with Gasteiger partial charge in [0.15, 0.2) is 0 Å². The fraction of sp³-hybridized carbons (Fsp3) is 0.0690. The van der Waals surface area contributed by atoms with Gasteiger partial charge in [0.1, 0.15) is 22.3 Å². The Bertz CT molecular complexity index is 3690. The summed E-state index contributed by atoms with van der Waals surface area (Å²) in [4.78, 5) is 5.03. The molecule has 1 spiro atoms. The molecule has 0 saturated heterocycles. The summed E-state index contributed by atoms with van der Waals surface area (Å²) in [6.07, 6.45) is 0. The Morgan fingerprint density at radius 3 is 1.82 bits per heavy atom. The second-order valence-corrected chi connectivity index (χ2v) is 18.6. The predicted octanol–water partition coefficient (Wildman–Crippen LogP) is 16.1. The molecule has 2 aromatic heterocycles. The van der Waals surface area contributed by atoms with Crippen LogP contribution in [0.2, 0.25) is 0 Å². The van der Waals surface area contributed by atoms with E-state index in [1.807, 2.05) is 17.8 Å². The van der Waals surface area contributed by atoms with Crippen molar-refractivity contribution in [2.24, 2.45) is 0 Å². The molecular weight excluding hydrogens is 775 g/mol. The molecule has 0 amide bonds. The largest absolute Gasteiger partial charge is 0.456 e. The van der Waals surface area contributed by atoms with E-state index in [-0.39, 0.29) is 5.41 Å². The molecule has 0 radical (unpaired) electrons. The van der Waals surface area contributed by atoms with E-state index in [0.717, 1.165) is 60.9 Å². The van der Waals surface area contributed by atoms with Gasteiger partial charge in [-0.1, -0.05) is 147 Å². The fourth-order valence-electron chi connectivity index (χ4n) is 11.5. The van der Waals surface area contributed by atoms with E-state index >= 15 is 0 Å². The average Bonchev–Trinajstić information content (AvgIpc) is 4.02. The third-order valence-corrected chi connectivity index (χ3v) is 15.3. The lowest BCUT2D eigenvalue weighted by atomic mass is 9.67. The number of fused-ring (bicyclic) bond motifs is 18. The van der Waals surface area contributed by atoms with Crippen LogP contribution in [-0.4, -0.2) is 0 Å². The Morgan fingerprint density at radius 1 is 0.403 bits per heavy atom. The van der Waals surface area contributed by atoms with E-state index in [1.54, 1.807) is 0 Å². The van der Waals surface area contributed by atoms with Gasteiger partial charge in [0, 0.05) is 48.7 Å². The van der Waals surface area contributed by atoms with Gasteiger partial charge in [0.05, 0.1) is 22.2 Å². The summed E-state index contributed by atoms with van der Waals surface area (Å²) in [6, 6.07) is 69.1. The summed E-state index contributed by atoms with van der Waals surface area (Å²) in [7, 11) is 0. The van der Waals surface area contributed by atoms with Crippen LogP contribution in [0.25, 0.3) is 66.1 Å². The normalized spacial score (nSPS) is 14.8. The maximum absolute atomic E-state index is 7.09. The van der Waals surface area contributed by atoms with Crippen LogP contribution in [0.3, 0.4) is 0 Å². The van der Waals surface area contributed by atoms with Crippen molar-refractivity contribution in [1.82, 2.24) is 0 Å². The van der Waals surface area contributed by atoms with Gasteiger partial charge in [-0.3, -0.25) is 0 Å². The fourth-order valence-corrected chi connectivity index (χ4v) is 12.7. The number of nitrogens with zero attached hydrogens (tertiary/aromatic N) is 1. The summed E-state index contributed by atoms with van der Waals surface area (Å²) in [6.45, 7) is 4.70. The lowest BCUT2D eigenvalue weighted by Gasteiger charge is -2.39. The maximum atomic E-state index is 7.09. The highest BCUT2D eigenvalue weighted by molar-refractivity contribution is 7.99. The lowest BCUT2D eigenvalue weighted by molar-refractivity contribution is 0.660. The van der Waals surface area contributed by atoms with Gasteiger partial charge in [-0.05, 0) is 111 Å². The minimum Gasteiger partial charge on any atom is -0.456 e. The van der Waals surface area contributed by atoms with Crippen molar-refractivity contribution in [2.45, 2.75) is 34.5 Å². The highest BCUT2D eigenvalue weighted by atomic mass is 32.2. The molecule has 62 heavy (non-hydrogen) atoms. The van der Waals surface area contributed by atoms with Crippen LogP contribution in [0.5, 0.6) is 0 Å². The molecule has 3 nitrogen and oxygen atoms in total. The second kappa shape index (κ2) is 12.2. The Hall–Kier alpha value is -7.27. The van der Waals surface area contributed by atoms with Crippen LogP contribution in [-0.2, 0) is 10.8 Å². The number of rotatable bonds is 3. The van der Waals surface area contributed by atoms with Gasteiger partial charge < -0.3 is 13.7 Å². The molecular formula is C58H37NO2S. The number of para-hydroxylation sites is 1. The number of benzene rings is 9. The molecule has 1 aliphatic heterocycles. The Morgan fingerprint density at radius 2 is 1.00 bits per heavy atom. The van der Waals surface area contributed by atoms with Crippen LogP contribution in [0.1, 0.15) is 47.2 Å². The molecule has 14 rings (SSSR count). The quantitative estimate of drug-likeness (QED) is 0.178. The summed E-state index contributed by atoms with van der Waals surface area (Å²) >= 11 is 1.87. The number of furan rings is 2. The molecule has 0 saturated carbocycles. The van der Waals surface area contributed by atoms with Crippen molar-refractivity contribution >= 4 is 72.7 Å². The summed E-state index contributed by atoms with van der Waals surface area (Å²) in [5, 5.41) is 4.40. The molecule has 0 bridgehead atoms. The minimum atomic E-state index is -0.487. The smallest absolute Gasteiger partial charge is 0.137 e. The topological polar surface area (TPSA) is 29.5 Å². The third kappa shape index (κ3) is 4.32. The molecule has 3 heterocycles. The van der Waals surface area contributed by atoms with Crippen LogP contribution < -0.4 is 4.90 Å². The number of hydrogen-bond acceptors (Lipinski definition) is 4. The highest BCUT2D eigenvalue weighted by Gasteiger charge is 2.50. The van der Waals surface area contributed by atoms with Gasteiger partial charge in [0.25, 0.3) is 0 Å². The van der Waals surface area contributed by atoms with E-state index in [1.165, 1.54) is 65.4 Å². The molecule has 4 heteroatoms. The number of hydrogen-bond donors (Lipinski definition) is 0. The molecule has 3 aliphatic rings. The Balaban J connectivity index is 1.07. The van der Waals surface area contributed by atoms with Gasteiger partial charge in [0.2, 0.25) is 0 Å². The minimum absolute atomic E-state index is 0.163. The third-order valence-electron chi connectivity index (χ3n) is 14.1. The van der Waals surface area contributed by atoms with Crippen molar-refractivity contribution in [1.29, 1.82) is 0 Å². The van der Waals surface area contributed by atoms with Crippen molar-refractivity contribution in [3.8, 4) is 22.3 Å². The predicted molar refractivity (Wildman–Crippen MR) is 255 cm³/mol. The standard InChI is InChI=1S/C58H37NO2S/c1-57(2)41-18-6-4-17-38(41)55-45(57)22-13-23-47(55)59(34-29-30-37-36-16-5-10-25-49(36)60-51(37)31-34)48-24-14-26-50-56(48)40-32-39-35-15-3-7-19-42(35)58(46(39)33-52(40)61-50)43-20-8-11-27-53(43)62-54-28-12-9-21-44(54)58/h3-33H,1-2H3. The molecule has 2 aliphatic carbocycles. The number of anilines is 3. The van der Waals surface area contributed by atoms with E-state index < -0.39 is 5.41 Å². The van der Waals surface area contributed by atoms with Crippen LogP contribution >= 0.6 is 11.8 Å². The van der Waals surface area contributed by atoms with Crippen molar-refractivity contribution in [2.75, 3.05) is 4.90 Å². The molecule has 11 aromatic rings. The van der Waals surface area contributed by atoms with E-state index in [0.29, 0.717) is 0 Å². The molecule has 9 aromatic carbocycles. The molecule has 292 valence electrons. The zero-order chi connectivity index (χ0) is 40.9. The molecule has 0 N–H and O–H groups in total. The van der Waals surface area contributed by atoms with Gasteiger partial charge >= 0.3 is 0 Å². The second-order valence-electron chi connectivity index (χ2n) is 17.5. The summed E-state index contributed by atoms with van der Waals surface area (Å²) in [5.41, 5.74) is 18.9. The average molecular weight is 812 g/mol.